The average molecular weight is 465 g/mol. The molecule has 0 unspecified atom stereocenters. The van der Waals surface area contributed by atoms with E-state index in [1.165, 1.54) is 6.92 Å². The summed E-state index contributed by atoms with van der Waals surface area (Å²) in [6.07, 6.45) is 0. The van der Waals surface area contributed by atoms with Crippen LogP contribution in [0.3, 0.4) is 0 Å². The SMILES string of the molecule is CC(=O)NCCNc1cc(Cl)nn2c(-c3cccc(S(=O)(=O)NC(C)C)c3)c(C)nc12. The van der Waals surface area contributed by atoms with E-state index in [-0.39, 0.29) is 22.0 Å². The normalized spacial score (nSPS) is 11.8. The largest absolute Gasteiger partial charge is 0.380 e. The van der Waals surface area contributed by atoms with Gasteiger partial charge in [0.1, 0.15) is 0 Å². The van der Waals surface area contributed by atoms with E-state index in [1.807, 2.05) is 6.92 Å². The van der Waals surface area contributed by atoms with Crippen LogP contribution in [0.15, 0.2) is 35.2 Å². The third kappa shape index (κ3) is 5.33. The van der Waals surface area contributed by atoms with Crippen LogP contribution in [-0.2, 0) is 14.8 Å². The minimum atomic E-state index is -3.65. The van der Waals surface area contributed by atoms with Crippen LogP contribution in [0, 0.1) is 6.92 Å². The third-order valence-corrected chi connectivity index (χ3v) is 6.19. The summed E-state index contributed by atoms with van der Waals surface area (Å²) in [7, 11) is -3.65. The van der Waals surface area contributed by atoms with E-state index in [2.05, 4.69) is 25.4 Å². The lowest BCUT2D eigenvalue weighted by Crippen LogP contribution is -2.30. The van der Waals surface area contributed by atoms with Crippen molar-refractivity contribution in [3.63, 3.8) is 0 Å². The standard InChI is InChI=1S/C20H25ClN6O3S/c1-12(2)26-31(29,30)16-7-5-6-15(10-16)19-13(3)24-20-17(11-18(21)25-27(19)20)23-9-8-22-14(4)28/h5-7,10-12,23,26H,8-9H2,1-4H3,(H,22,28). The van der Waals surface area contributed by atoms with Crippen molar-refractivity contribution in [2.24, 2.45) is 0 Å². The molecule has 0 saturated carbocycles. The summed E-state index contributed by atoms with van der Waals surface area (Å²) < 4.78 is 29.4. The maximum Gasteiger partial charge on any atom is 0.240 e. The monoisotopic (exact) mass is 464 g/mol. The number of halogens is 1. The molecule has 3 aromatic rings. The number of carbonyl (C=O) groups excluding carboxylic acids is 1. The zero-order valence-corrected chi connectivity index (χ0v) is 19.3. The summed E-state index contributed by atoms with van der Waals surface area (Å²) in [6.45, 7) is 7.73. The minimum absolute atomic E-state index is 0.111. The lowest BCUT2D eigenvalue weighted by Gasteiger charge is -2.11. The van der Waals surface area contributed by atoms with Crippen LogP contribution in [-0.4, -0.2) is 48.1 Å². The zero-order chi connectivity index (χ0) is 22.8. The van der Waals surface area contributed by atoms with E-state index in [4.69, 9.17) is 11.6 Å². The second-order valence-corrected chi connectivity index (χ2v) is 9.48. The van der Waals surface area contributed by atoms with Gasteiger partial charge in [-0.3, -0.25) is 4.79 Å². The lowest BCUT2D eigenvalue weighted by molar-refractivity contribution is -0.118. The van der Waals surface area contributed by atoms with Crippen molar-refractivity contribution in [1.82, 2.24) is 24.6 Å². The molecule has 0 radical (unpaired) electrons. The maximum atomic E-state index is 12.6. The number of benzene rings is 1. The number of nitrogens with one attached hydrogen (secondary N) is 3. The van der Waals surface area contributed by atoms with Crippen molar-refractivity contribution < 1.29 is 13.2 Å². The molecule has 0 bridgehead atoms. The Morgan fingerprint density at radius 1 is 1.23 bits per heavy atom. The van der Waals surface area contributed by atoms with Gasteiger partial charge in [-0.2, -0.15) is 5.10 Å². The van der Waals surface area contributed by atoms with Gasteiger partial charge in [0.2, 0.25) is 15.9 Å². The van der Waals surface area contributed by atoms with Gasteiger partial charge in [0, 0.05) is 37.7 Å². The summed E-state index contributed by atoms with van der Waals surface area (Å²) in [5.41, 5.74) is 3.17. The van der Waals surface area contributed by atoms with Crippen LogP contribution in [0.1, 0.15) is 26.5 Å². The highest BCUT2D eigenvalue weighted by Gasteiger charge is 2.20. The molecular weight excluding hydrogens is 440 g/mol. The molecule has 0 saturated heterocycles. The minimum Gasteiger partial charge on any atom is -0.380 e. The Morgan fingerprint density at radius 2 is 1.97 bits per heavy atom. The predicted octanol–water partition coefficient (Wildman–Crippen LogP) is 2.59. The second kappa shape index (κ2) is 9.21. The van der Waals surface area contributed by atoms with Crippen molar-refractivity contribution in [3.05, 3.63) is 41.2 Å². The molecule has 0 fully saturated rings. The molecule has 0 atom stereocenters. The number of aromatic nitrogens is 3. The molecule has 0 aliphatic carbocycles. The third-order valence-electron chi connectivity index (χ3n) is 4.35. The van der Waals surface area contributed by atoms with E-state index in [1.54, 1.807) is 48.7 Å². The summed E-state index contributed by atoms with van der Waals surface area (Å²) in [4.78, 5) is 15.8. The Balaban J connectivity index is 2.03. The topological polar surface area (TPSA) is 117 Å². The number of carbonyl (C=O) groups is 1. The summed E-state index contributed by atoms with van der Waals surface area (Å²) in [5.74, 6) is -0.111. The molecular formula is C20H25ClN6O3S. The summed E-state index contributed by atoms with van der Waals surface area (Å²) in [5, 5.41) is 10.5. The van der Waals surface area contributed by atoms with Crippen molar-refractivity contribution in [2.45, 2.75) is 38.6 Å². The van der Waals surface area contributed by atoms with E-state index in [9.17, 15) is 13.2 Å². The smallest absolute Gasteiger partial charge is 0.240 e. The number of rotatable bonds is 8. The van der Waals surface area contributed by atoms with Crippen LogP contribution in [0.2, 0.25) is 5.15 Å². The Morgan fingerprint density at radius 3 is 2.65 bits per heavy atom. The van der Waals surface area contributed by atoms with Crippen LogP contribution in [0.4, 0.5) is 5.69 Å². The first-order valence-electron chi connectivity index (χ1n) is 9.75. The molecule has 3 rings (SSSR count). The number of aryl methyl sites for hydroxylation is 1. The average Bonchev–Trinajstić information content (AvgIpc) is 3.00. The zero-order valence-electron chi connectivity index (χ0n) is 17.7. The van der Waals surface area contributed by atoms with Gasteiger partial charge in [-0.25, -0.2) is 22.6 Å². The fourth-order valence-electron chi connectivity index (χ4n) is 3.18. The number of imidazole rings is 1. The first-order valence-corrected chi connectivity index (χ1v) is 11.6. The molecule has 11 heteroatoms. The number of sulfonamides is 1. The Labute approximate surface area is 186 Å². The quantitative estimate of drug-likeness (QED) is 0.441. The Hall–Kier alpha value is -2.69. The summed E-state index contributed by atoms with van der Waals surface area (Å²) in [6, 6.07) is 8.06. The first kappa shape index (κ1) is 23.0. The predicted molar refractivity (Wildman–Crippen MR) is 121 cm³/mol. The van der Waals surface area contributed by atoms with Gasteiger partial charge in [0.15, 0.2) is 10.8 Å². The highest BCUT2D eigenvalue weighted by Crippen LogP contribution is 2.30. The molecule has 9 nitrogen and oxygen atoms in total. The van der Waals surface area contributed by atoms with E-state index in [0.717, 1.165) is 0 Å². The Bertz CT molecular complexity index is 1220. The molecule has 31 heavy (non-hydrogen) atoms. The van der Waals surface area contributed by atoms with Gasteiger partial charge >= 0.3 is 0 Å². The summed E-state index contributed by atoms with van der Waals surface area (Å²) >= 11 is 6.24. The highest BCUT2D eigenvalue weighted by molar-refractivity contribution is 7.89. The van der Waals surface area contributed by atoms with Crippen LogP contribution in [0.5, 0.6) is 0 Å². The van der Waals surface area contributed by atoms with E-state index >= 15 is 0 Å². The van der Waals surface area contributed by atoms with Crippen molar-refractivity contribution in [3.8, 4) is 11.3 Å². The molecule has 2 aromatic heterocycles. The number of nitrogens with zero attached hydrogens (tertiary/aromatic N) is 3. The maximum absolute atomic E-state index is 12.6. The number of amides is 1. The second-order valence-electron chi connectivity index (χ2n) is 7.38. The van der Waals surface area contributed by atoms with Crippen LogP contribution in [0.25, 0.3) is 16.9 Å². The highest BCUT2D eigenvalue weighted by atomic mass is 35.5. The van der Waals surface area contributed by atoms with E-state index < -0.39 is 10.0 Å². The fourth-order valence-corrected chi connectivity index (χ4v) is 4.67. The van der Waals surface area contributed by atoms with Gasteiger partial charge in [-0.05, 0) is 32.9 Å². The molecule has 1 aromatic carbocycles. The van der Waals surface area contributed by atoms with Gasteiger partial charge in [0.05, 0.1) is 22.0 Å². The first-order chi connectivity index (χ1) is 14.6. The van der Waals surface area contributed by atoms with E-state index in [0.29, 0.717) is 41.4 Å². The van der Waals surface area contributed by atoms with Gasteiger partial charge in [-0.1, -0.05) is 23.7 Å². The molecule has 0 spiro atoms. The van der Waals surface area contributed by atoms with Crippen molar-refractivity contribution in [2.75, 3.05) is 18.4 Å². The molecule has 1 amide bonds. The van der Waals surface area contributed by atoms with Crippen LogP contribution < -0.4 is 15.4 Å². The fraction of sp³-hybridized carbons (Fsp3) is 0.350. The molecule has 0 aliphatic heterocycles. The van der Waals surface area contributed by atoms with Crippen molar-refractivity contribution >= 4 is 38.9 Å². The number of hydrogen-bond donors (Lipinski definition) is 3. The lowest BCUT2D eigenvalue weighted by atomic mass is 10.1. The van der Waals surface area contributed by atoms with Crippen LogP contribution >= 0.6 is 11.6 Å². The number of anilines is 1. The van der Waals surface area contributed by atoms with Gasteiger partial charge < -0.3 is 10.6 Å². The van der Waals surface area contributed by atoms with Gasteiger partial charge in [-0.15, -0.1) is 0 Å². The Kier molecular flexibility index (Phi) is 6.83. The number of hydrogen-bond acceptors (Lipinski definition) is 6. The van der Waals surface area contributed by atoms with Crippen molar-refractivity contribution in [1.29, 1.82) is 0 Å². The molecule has 0 aliphatic rings. The molecule has 166 valence electrons. The molecule has 3 N–H and O–H groups in total. The number of fused-ring (bicyclic) bond motifs is 1. The van der Waals surface area contributed by atoms with Gasteiger partial charge in [0.25, 0.3) is 0 Å². The molecule has 2 heterocycles.